The number of hydrogen-bond donors (Lipinski definition) is 1. The topological polar surface area (TPSA) is 79.2 Å². The second-order valence-corrected chi connectivity index (χ2v) is 4.73. The van der Waals surface area contributed by atoms with Gasteiger partial charge in [-0.3, -0.25) is 4.52 Å². The molecule has 0 saturated heterocycles. The minimum Gasteiger partial charge on any atom is -0.292 e. The Hall–Kier alpha value is -0.340. The summed E-state index contributed by atoms with van der Waals surface area (Å²) in [6.45, 7) is -0.614. The molecule has 0 aliphatic rings. The zero-order valence-corrected chi connectivity index (χ0v) is 7.90. The smallest absolute Gasteiger partial charge is 0.292 e. The molecular weight excluding hydrogens is 231 g/mol. The van der Waals surface area contributed by atoms with Gasteiger partial charge in [-0.25, -0.2) is 9.13 Å². The number of hydrogen-bond acceptors (Lipinski definition) is 4. The lowest BCUT2D eigenvalue weighted by atomic mass is 10.5. The molecule has 0 fully saturated rings. The standard InChI is InChI=1S/C3H5F3N2O3P2/c4-12(5,9)8-13(6,10)11-3-1-2-7/h1,3H2,(H,8,9,10). The van der Waals surface area contributed by atoms with Gasteiger partial charge in [-0.15, -0.1) is 17.4 Å². The summed E-state index contributed by atoms with van der Waals surface area (Å²) in [6, 6.07) is 1.51. The maximum atomic E-state index is 12.4. The van der Waals surface area contributed by atoms with E-state index in [0.717, 1.165) is 0 Å². The Balaban J connectivity index is 4.04. The lowest BCUT2D eigenvalue weighted by molar-refractivity contribution is 0.289. The zero-order chi connectivity index (χ0) is 10.5. The van der Waals surface area contributed by atoms with Gasteiger partial charge in [-0.05, 0) is 0 Å². The van der Waals surface area contributed by atoms with Crippen molar-refractivity contribution in [3.05, 3.63) is 0 Å². The third-order valence-electron chi connectivity index (χ3n) is 0.707. The highest BCUT2D eigenvalue weighted by atomic mass is 31.3. The van der Waals surface area contributed by atoms with Gasteiger partial charge in [0.25, 0.3) is 0 Å². The van der Waals surface area contributed by atoms with E-state index in [-0.39, 0.29) is 6.42 Å². The summed E-state index contributed by atoms with van der Waals surface area (Å²) in [5.41, 5.74) is 0. The summed E-state index contributed by atoms with van der Waals surface area (Å²) in [5, 5.41) is 7.93. The van der Waals surface area contributed by atoms with Crippen LogP contribution in [0, 0.1) is 11.3 Å². The summed E-state index contributed by atoms with van der Waals surface area (Å²) >= 11 is 0. The first kappa shape index (κ1) is 12.7. The number of nitrogens with zero attached hydrogens (tertiary/aromatic N) is 1. The minimum absolute atomic E-state index is 0.307. The molecule has 0 spiro atoms. The molecule has 0 radical (unpaired) electrons. The Morgan fingerprint density at radius 2 is 1.92 bits per heavy atom. The fourth-order valence-corrected chi connectivity index (χ4v) is 2.05. The summed E-state index contributed by atoms with van der Waals surface area (Å²) in [4.78, 5) is 0.434. The first-order valence-electron chi connectivity index (χ1n) is 2.87. The van der Waals surface area contributed by atoms with Crippen LogP contribution in [0.15, 0.2) is 0 Å². The van der Waals surface area contributed by atoms with Crippen LogP contribution in [0.2, 0.25) is 0 Å². The molecule has 1 atom stereocenters. The van der Waals surface area contributed by atoms with Gasteiger partial charge in [0.1, 0.15) is 0 Å². The summed E-state index contributed by atoms with van der Waals surface area (Å²) in [5.74, 6) is 0. The van der Waals surface area contributed by atoms with Gasteiger partial charge in [-0.1, -0.05) is 0 Å². The van der Waals surface area contributed by atoms with E-state index in [1.54, 1.807) is 0 Å². The van der Waals surface area contributed by atoms with Crippen LogP contribution in [-0.4, -0.2) is 6.61 Å². The molecule has 0 aromatic carbocycles. The van der Waals surface area contributed by atoms with Crippen molar-refractivity contribution in [1.82, 2.24) is 4.86 Å². The zero-order valence-electron chi connectivity index (χ0n) is 6.11. The predicted molar refractivity (Wildman–Crippen MR) is 37.9 cm³/mol. The van der Waals surface area contributed by atoms with Crippen LogP contribution in [0.25, 0.3) is 0 Å². The maximum Gasteiger partial charge on any atom is 0.490 e. The monoisotopic (exact) mass is 236 g/mol. The van der Waals surface area contributed by atoms with Gasteiger partial charge < -0.3 is 0 Å². The SMILES string of the molecule is N#CCCOP(=O)(F)NP(=O)(F)F. The molecule has 0 aliphatic carbocycles. The van der Waals surface area contributed by atoms with Crippen molar-refractivity contribution in [3.8, 4) is 6.07 Å². The van der Waals surface area contributed by atoms with E-state index < -0.39 is 22.4 Å². The van der Waals surface area contributed by atoms with Crippen LogP contribution in [0.1, 0.15) is 6.42 Å². The summed E-state index contributed by atoms with van der Waals surface area (Å²) < 4.78 is 59.4. The molecule has 10 heteroatoms. The second-order valence-electron chi connectivity index (χ2n) is 1.78. The van der Waals surface area contributed by atoms with Gasteiger partial charge in [0, 0.05) is 0 Å². The van der Waals surface area contributed by atoms with Gasteiger partial charge >= 0.3 is 15.7 Å². The van der Waals surface area contributed by atoms with Crippen LogP contribution >= 0.6 is 15.7 Å². The molecule has 76 valence electrons. The Bertz CT molecular complexity index is 297. The molecule has 0 heterocycles. The Labute approximate surface area is 72.2 Å². The summed E-state index contributed by atoms with van der Waals surface area (Å²) in [6.07, 6.45) is -0.307. The van der Waals surface area contributed by atoms with E-state index in [9.17, 15) is 21.7 Å². The molecule has 1 unspecified atom stereocenters. The fourth-order valence-electron chi connectivity index (χ4n) is 0.377. The lowest BCUT2D eigenvalue weighted by Crippen LogP contribution is -2.02. The quantitative estimate of drug-likeness (QED) is 0.586. The first-order valence-corrected chi connectivity index (χ1v) is 5.87. The van der Waals surface area contributed by atoms with E-state index in [4.69, 9.17) is 5.26 Å². The van der Waals surface area contributed by atoms with Crippen LogP contribution in [0.4, 0.5) is 12.6 Å². The second kappa shape index (κ2) is 4.77. The normalized spacial score (nSPS) is 16.2. The molecular formula is C3H5F3N2O3P2. The van der Waals surface area contributed by atoms with Crippen molar-refractivity contribution in [3.63, 3.8) is 0 Å². The minimum atomic E-state index is -5.93. The molecule has 0 bridgehead atoms. The third kappa shape index (κ3) is 8.00. The number of rotatable bonds is 5. The van der Waals surface area contributed by atoms with Crippen molar-refractivity contribution in [2.45, 2.75) is 6.42 Å². The van der Waals surface area contributed by atoms with E-state index in [1.807, 2.05) is 0 Å². The van der Waals surface area contributed by atoms with Crippen molar-refractivity contribution in [1.29, 1.82) is 5.26 Å². The molecule has 5 nitrogen and oxygen atoms in total. The molecule has 1 N–H and O–H groups in total. The van der Waals surface area contributed by atoms with Crippen LogP contribution in [0.5, 0.6) is 0 Å². The third-order valence-corrected chi connectivity index (χ3v) is 3.11. The van der Waals surface area contributed by atoms with Crippen molar-refractivity contribution >= 4 is 15.7 Å². The van der Waals surface area contributed by atoms with E-state index >= 15 is 0 Å². The molecule has 13 heavy (non-hydrogen) atoms. The average molecular weight is 236 g/mol. The van der Waals surface area contributed by atoms with Crippen molar-refractivity contribution < 1.29 is 26.2 Å². The highest BCUT2D eigenvalue weighted by Crippen LogP contribution is 2.58. The highest BCUT2D eigenvalue weighted by Gasteiger charge is 2.34. The van der Waals surface area contributed by atoms with Crippen LogP contribution in [0.3, 0.4) is 0 Å². The Morgan fingerprint density at radius 1 is 1.38 bits per heavy atom. The largest absolute Gasteiger partial charge is 0.490 e. The summed E-state index contributed by atoms with van der Waals surface area (Å²) in [7, 11) is -11.2. The Morgan fingerprint density at radius 3 is 2.31 bits per heavy atom. The molecule has 0 rings (SSSR count). The molecule has 0 aromatic heterocycles. The molecule has 0 aliphatic heterocycles. The number of nitriles is 1. The van der Waals surface area contributed by atoms with Gasteiger partial charge in [0.2, 0.25) is 0 Å². The number of halogens is 3. The van der Waals surface area contributed by atoms with Crippen molar-refractivity contribution in [2.24, 2.45) is 0 Å². The molecule has 0 saturated carbocycles. The van der Waals surface area contributed by atoms with Gasteiger partial charge in [0.15, 0.2) is 0 Å². The average Bonchev–Trinajstić information content (AvgIpc) is 1.81. The Kier molecular flexibility index (Phi) is 4.65. The van der Waals surface area contributed by atoms with Crippen LogP contribution < -0.4 is 4.86 Å². The van der Waals surface area contributed by atoms with Crippen molar-refractivity contribution in [2.75, 3.05) is 6.61 Å². The molecule has 0 amide bonds. The van der Waals surface area contributed by atoms with Gasteiger partial charge in [-0.2, -0.15) is 5.26 Å². The fraction of sp³-hybridized carbons (Fsp3) is 0.667. The van der Waals surface area contributed by atoms with Crippen LogP contribution in [-0.2, 0) is 13.7 Å². The van der Waals surface area contributed by atoms with E-state index in [0.29, 0.717) is 4.86 Å². The van der Waals surface area contributed by atoms with E-state index in [1.165, 1.54) is 6.07 Å². The molecule has 0 aromatic rings. The number of nitrogens with one attached hydrogen (secondary N) is 1. The predicted octanol–water partition coefficient (Wildman–Crippen LogP) is 2.63. The highest BCUT2D eigenvalue weighted by molar-refractivity contribution is 7.67. The maximum absolute atomic E-state index is 12.4. The van der Waals surface area contributed by atoms with E-state index in [2.05, 4.69) is 4.52 Å². The van der Waals surface area contributed by atoms with Gasteiger partial charge in [0.05, 0.1) is 19.1 Å². The first-order chi connectivity index (χ1) is 5.77. The lowest BCUT2D eigenvalue weighted by Gasteiger charge is -2.07.